The van der Waals surface area contributed by atoms with Crippen LogP contribution in [0, 0.1) is 0 Å². The fourth-order valence-corrected chi connectivity index (χ4v) is 4.97. The summed E-state index contributed by atoms with van der Waals surface area (Å²) in [6.45, 7) is -0.334. The minimum absolute atomic E-state index is 0.0599. The van der Waals surface area contributed by atoms with E-state index in [1.807, 2.05) is 6.07 Å². The first-order valence-corrected chi connectivity index (χ1v) is 9.18. The zero-order chi connectivity index (χ0) is 13.7. The van der Waals surface area contributed by atoms with Gasteiger partial charge >= 0.3 is 117 Å². The minimum atomic E-state index is -4.72. The molecule has 100 valence electrons. The van der Waals surface area contributed by atoms with Gasteiger partial charge in [-0.1, -0.05) is 0 Å². The summed E-state index contributed by atoms with van der Waals surface area (Å²) >= 11 is -3.92. The summed E-state index contributed by atoms with van der Waals surface area (Å²) in [4.78, 5) is 0.706. The molecule has 1 N–H and O–H groups in total. The van der Waals surface area contributed by atoms with Crippen molar-refractivity contribution in [2.24, 2.45) is 0 Å². The standard InChI is InChI=1S/C13H12O4SSe/c14-10-11-6-4-5-9-13(11)19(15,16)17-18-12-7-2-1-3-8-12/h1-9,14H,10H2. The van der Waals surface area contributed by atoms with Crippen LogP contribution in [0.1, 0.15) is 5.56 Å². The van der Waals surface area contributed by atoms with Gasteiger partial charge in [-0.15, -0.1) is 0 Å². The molecule has 0 atom stereocenters. The second kappa shape index (κ2) is 6.32. The van der Waals surface area contributed by atoms with E-state index in [9.17, 15) is 7.67 Å². The monoisotopic (exact) mass is 344 g/mol. The molecule has 19 heavy (non-hydrogen) atoms. The van der Waals surface area contributed by atoms with Gasteiger partial charge in [-0.25, -0.2) is 0 Å². The van der Waals surface area contributed by atoms with Crippen LogP contribution in [-0.4, -0.2) is 18.1 Å². The Bertz CT molecular complexity index is 641. The van der Waals surface area contributed by atoms with Crippen LogP contribution in [-0.2, 0) is 17.5 Å². The molecule has 0 fully saturated rings. The average Bonchev–Trinajstić information content (AvgIpc) is 2.46. The summed E-state index contributed by atoms with van der Waals surface area (Å²) in [5.41, 5.74) is 0.348. The summed E-state index contributed by atoms with van der Waals surface area (Å²) in [5.74, 6) is 0. The Morgan fingerprint density at radius 1 is 1.00 bits per heavy atom. The van der Waals surface area contributed by atoms with Crippen molar-refractivity contribution in [3.63, 3.8) is 0 Å². The Morgan fingerprint density at radius 3 is 2.32 bits per heavy atom. The zero-order valence-electron chi connectivity index (χ0n) is 9.89. The van der Waals surface area contributed by atoms with E-state index >= 15 is 0 Å². The van der Waals surface area contributed by atoms with E-state index in [0.29, 0.717) is 10.5 Å². The van der Waals surface area contributed by atoms with Gasteiger partial charge in [0.2, 0.25) is 0 Å². The van der Waals surface area contributed by atoms with Crippen molar-refractivity contribution in [2.45, 2.75) is 11.5 Å². The van der Waals surface area contributed by atoms with E-state index < -0.39 is 13.0 Å². The first kappa shape index (κ1) is 14.2. The molecule has 0 amide bonds. The molecular weight excluding hydrogens is 331 g/mol. The van der Waals surface area contributed by atoms with E-state index in [4.69, 9.17) is 8.37 Å². The topological polar surface area (TPSA) is 63.6 Å². The van der Waals surface area contributed by atoms with E-state index in [-0.39, 0.29) is 11.1 Å². The van der Waals surface area contributed by atoms with Crippen LogP contribution in [0.3, 0.4) is 0 Å². The quantitative estimate of drug-likeness (QED) is 0.664. The van der Waals surface area contributed by atoms with Gasteiger partial charge in [-0.2, -0.15) is 0 Å². The second-order valence-corrected chi connectivity index (χ2v) is 8.14. The molecule has 0 radical (unpaired) electrons. The van der Waals surface area contributed by atoms with Gasteiger partial charge in [-0.3, -0.25) is 0 Å². The maximum absolute atomic E-state index is 12.1. The van der Waals surface area contributed by atoms with Gasteiger partial charge in [0.15, 0.2) is 0 Å². The Kier molecular flexibility index (Phi) is 4.74. The van der Waals surface area contributed by atoms with E-state index in [1.54, 1.807) is 42.5 Å². The van der Waals surface area contributed by atoms with Crippen molar-refractivity contribution < 1.29 is 16.0 Å². The molecule has 0 saturated heterocycles. The number of aliphatic hydroxyl groups is 1. The number of benzene rings is 2. The van der Waals surface area contributed by atoms with Crippen LogP contribution in [0.15, 0.2) is 59.5 Å². The maximum atomic E-state index is 12.1. The van der Waals surface area contributed by atoms with E-state index in [0.717, 1.165) is 12.0 Å². The van der Waals surface area contributed by atoms with Gasteiger partial charge in [0.25, 0.3) is 0 Å². The Balaban J connectivity index is 2.19. The molecule has 4 nitrogen and oxygen atoms in total. The number of rotatable bonds is 5. The van der Waals surface area contributed by atoms with Gasteiger partial charge in [0, 0.05) is 0 Å². The molecule has 0 aromatic heterocycles. The van der Waals surface area contributed by atoms with Crippen molar-refractivity contribution in [3.8, 4) is 0 Å². The van der Waals surface area contributed by atoms with Gasteiger partial charge in [0.05, 0.1) is 0 Å². The van der Waals surface area contributed by atoms with Crippen molar-refractivity contribution >= 4 is 29.5 Å². The van der Waals surface area contributed by atoms with Crippen LogP contribution >= 0.6 is 12.0 Å². The van der Waals surface area contributed by atoms with Crippen molar-refractivity contribution in [1.29, 1.82) is 0 Å². The number of hydrogen-bond donors (Lipinski definition) is 1. The normalized spacial score (nSPS) is 11.4. The average molecular weight is 343 g/mol. The van der Waals surface area contributed by atoms with Crippen molar-refractivity contribution in [2.75, 3.05) is 0 Å². The zero-order valence-corrected chi connectivity index (χ0v) is 12.4. The van der Waals surface area contributed by atoms with E-state index in [1.165, 1.54) is 6.07 Å². The van der Waals surface area contributed by atoms with Crippen LogP contribution < -0.4 is 4.46 Å². The molecule has 0 aliphatic carbocycles. The molecule has 6 heteroatoms. The third-order valence-electron chi connectivity index (χ3n) is 2.38. The van der Waals surface area contributed by atoms with Gasteiger partial charge < -0.3 is 0 Å². The first-order chi connectivity index (χ1) is 9.13. The third-order valence-corrected chi connectivity index (χ3v) is 6.61. The Morgan fingerprint density at radius 2 is 1.63 bits per heavy atom. The third kappa shape index (κ3) is 3.65. The summed E-state index contributed by atoms with van der Waals surface area (Å²) in [6.07, 6.45) is 0. The van der Waals surface area contributed by atoms with E-state index in [2.05, 4.69) is 0 Å². The summed E-state index contributed by atoms with van der Waals surface area (Å²) in [7, 11) is 0. The fourth-order valence-electron chi connectivity index (χ4n) is 1.48. The molecule has 0 bridgehead atoms. The molecule has 0 aliphatic heterocycles. The predicted octanol–water partition coefficient (Wildman–Crippen LogP) is 1.91. The molecule has 0 unspecified atom stereocenters. The molecule has 0 spiro atoms. The summed E-state index contributed by atoms with van der Waals surface area (Å²) in [6, 6.07) is 15.2. The molecule has 0 heterocycles. The van der Waals surface area contributed by atoms with Crippen LogP contribution in [0.5, 0.6) is 0 Å². The summed E-state index contributed by atoms with van der Waals surface area (Å²) in [5, 5.41) is 9.15. The second-order valence-electron chi connectivity index (χ2n) is 3.68. The molecule has 2 aromatic rings. The molecule has 0 aliphatic rings. The Labute approximate surface area is 117 Å². The van der Waals surface area contributed by atoms with Crippen molar-refractivity contribution in [3.05, 3.63) is 60.2 Å². The van der Waals surface area contributed by atoms with Crippen LogP contribution in [0.4, 0.5) is 0 Å². The summed E-state index contributed by atoms with van der Waals surface area (Å²) < 4.78 is 29.3. The molecule has 0 saturated carbocycles. The van der Waals surface area contributed by atoms with Gasteiger partial charge in [-0.05, 0) is 0 Å². The molecule has 2 aromatic carbocycles. The molecular formula is C13H12O4SSe. The Hall–Kier alpha value is -1.17. The predicted molar refractivity (Wildman–Crippen MR) is 72.5 cm³/mol. The number of aliphatic hydroxyl groups excluding tert-OH is 1. The fraction of sp³-hybridized carbons (Fsp3) is 0.0769. The first-order valence-electron chi connectivity index (χ1n) is 5.48. The van der Waals surface area contributed by atoms with Crippen LogP contribution in [0.2, 0.25) is 0 Å². The van der Waals surface area contributed by atoms with Crippen LogP contribution in [0.25, 0.3) is 0 Å². The van der Waals surface area contributed by atoms with Crippen molar-refractivity contribution in [1.82, 2.24) is 0 Å². The SMILES string of the molecule is O=[Se](=O)(OSc1ccccc1)c1ccccc1CO. The molecule has 2 rings (SSSR count). The number of hydrogen-bond acceptors (Lipinski definition) is 5. The van der Waals surface area contributed by atoms with Gasteiger partial charge in [0.1, 0.15) is 0 Å².